The minimum absolute atomic E-state index is 0.150. The molecule has 1 spiro atoms. The summed E-state index contributed by atoms with van der Waals surface area (Å²) < 4.78 is 6.95. The fourth-order valence-corrected chi connectivity index (χ4v) is 5.18. The number of amides is 2. The number of carbonyl (C=O) groups is 2. The van der Waals surface area contributed by atoms with Crippen molar-refractivity contribution in [3.8, 4) is 17.1 Å². The van der Waals surface area contributed by atoms with Gasteiger partial charge in [-0.3, -0.25) is 9.59 Å². The van der Waals surface area contributed by atoms with Crippen molar-refractivity contribution in [1.29, 1.82) is 0 Å². The van der Waals surface area contributed by atoms with Crippen LogP contribution in [0, 0.1) is 4.77 Å². The molecular weight excluding hydrogens is 410 g/mol. The Morgan fingerprint density at radius 2 is 1.93 bits per heavy atom. The third-order valence-corrected chi connectivity index (χ3v) is 6.64. The molecule has 0 bridgehead atoms. The quantitative estimate of drug-likeness (QED) is 0.627. The number of aromatic nitrogens is 3. The topological polar surface area (TPSA) is 92.2 Å². The first-order chi connectivity index (χ1) is 14.1. The number of methoxy groups -OCH3 is 1. The van der Waals surface area contributed by atoms with Gasteiger partial charge in [-0.15, -0.1) is 11.8 Å². The summed E-state index contributed by atoms with van der Waals surface area (Å²) in [5.74, 6) is 0.775. The zero-order valence-corrected chi connectivity index (χ0v) is 16.8. The number of rotatable bonds is 3. The van der Waals surface area contributed by atoms with Crippen LogP contribution in [0.4, 0.5) is 5.69 Å². The molecule has 0 saturated carbocycles. The Balaban J connectivity index is 1.71. The van der Waals surface area contributed by atoms with Crippen molar-refractivity contribution in [3.63, 3.8) is 0 Å². The monoisotopic (exact) mass is 425 g/mol. The molecule has 1 aromatic heterocycles. The van der Waals surface area contributed by atoms with Gasteiger partial charge in [0.15, 0.2) is 5.82 Å². The number of nitrogens with zero attached hydrogens (tertiary/aromatic N) is 3. The predicted molar refractivity (Wildman–Crippen MR) is 112 cm³/mol. The minimum Gasteiger partial charge on any atom is -0.497 e. The van der Waals surface area contributed by atoms with E-state index in [1.807, 2.05) is 36.4 Å². The molecule has 2 aromatic carbocycles. The molecule has 3 heterocycles. The fraction of sp³-hybridized carbons (Fsp3) is 0.158. The van der Waals surface area contributed by atoms with Gasteiger partial charge in [-0.05, 0) is 42.5 Å². The maximum atomic E-state index is 13.1. The van der Waals surface area contributed by atoms with Crippen LogP contribution in [-0.4, -0.2) is 39.6 Å². The van der Waals surface area contributed by atoms with Crippen LogP contribution < -0.4 is 15.1 Å². The lowest BCUT2D eigenvalue weighted by molar-refractivity contribution is -0.123. The first-order valence-corrected chi connectivity index (χ1v) is 10.2. The van der Waals surface area contributed by atoms with Crippen LogP contribution in [0.1, 0.15) is 5.56 Å². The summed E-state index contributed by atoms with van der Waals surface area (Å²) in [5, 5.41) is 11.4. The Morgan fingerprint density at radius 3 is 2.69 bits per heavy atom. The van der Waals surface area contributed by atoms with Gasteiger partial charge in [0, 0.05) is 16.8 Å². The van der Waals surface area contributed by atoms with E-state index in [0.717, 1.165) is 11.1 Å². The molecule has 1 fully saturated rings. The Labute approximate surface area is 174 Å². The smallest absolute Gasteiger partial charge is 0.267 e. The van der Waals surface area contributed by atoms with Crippen molar-refractivity contribution in [1.82, 2.24) is 14.9 Å². The zero-order valence-electron chi connectivity index (χ0n) is 15.2. The maximum Gasteiger partial charge on any atom is 0.267 e. The second-order valence-electron chi connectivity index (χ2n) is 6.53. The number of thioether (sulfide) groups is 1. The summed E-state index contributed by atoms with van der Waals surface area (Å²) >= 11 is 6.72. The molecule has 1 atom stereocenters. The van der Waals surface area contributed by atoms with Crippen molar-refractivity contribution in [2.24, 2.45) is 0 Å². The van der Waals surface area contributed by atoms with Crippen LogP contribution >= 0.6 is 24.0 Å². The molecule has 0 aliphatic carbocycles. The summed E-state index contributed by atoms with van der Waals surface area (Å²) in [4.78, 5) is 24.9. The molecule has 8 nitrogen and oxygen atoms in total. The van der Waals surface area contributed by atoms with Crippen molar-refractivity contribution < 1.29 is 14.3 Å². The van der Waals surface area contributed by atoms with Crippen molar-refractivity contribution >= 4 is 41.5 Å². The van der Waals surface area contributed by atoms with Gasteiger partial charge in [-0.1, -0.05) is 18.2 Å². The summed E-state index contributed by atoms with van der Waals surface area (Å²) in [5.41, 5.74) is 2.14. The molecule has 146 valence electrons. The molecule has 1 saturated heterocycles. The highest BCUT2D eigenvalue weighted by Crippen LogP contribution is 2.51. The van der Waals surface area contributed by atoms with Gasteiger partial charge in [-0.25, -0.2) is 14.8 Å². The first kappa shape index (κ1) is 18.0. The van der Waals surface area contributed by atoms with Crippen molar-refractivity contribution in [2.45, 2.75) is 4.87 Å². The lowest BCUT2D eigenvalue weighted by Crippen LogP contribution is -2.53. The molecule has 2 aliphatic rings. The Kier molecular flexibility index (Phi) is 4.00. The van der Waals surface area contributed by atoms with Crippen LogP contribution in [0.25, 0.3) is 11.4 Å². The van der Waals surface area contributed by atoms with E-state index in [0.29, 0.717) is 17.3 Å². The second-order valence-corrected chi connectivity index (χ2v) is 8.09. The second kappa shape index (κ2) is 6.46. The number of benzene rings is 2. The molecule has 10 heteroatoms. The standard InChI is InChI=1S/C19H15N5O3S2/c1-27-12-8-6-11(7-9-12)16-21-22-18(28)23(16)24-15(25)10-29-19(24)13-4-2-3-5-14(13)20-17(19)26/h2-9H,10H2,1H3,(H,20,26)(H,22,28). The van der Waals surface area contributed by atoms with Crippen LogP contribution in [0.15, 0.2) is 48.5 Å². The van der Waals surface area contributed by atoms with Crippen molar-refractivity contribution in [2.75, 3.05) is 23.2 Å². The van der Waals surface area contributed by atoms with Crippen LogP contribution in [0.2, 0.25) is 0 Å². The van der Waals surface area contributed by atoms with E-state index in [1.54, 1.807) is 19.2 Å². The number of anilines is 1. The maximum absolute atomic E-state index is 13.1. The van der Waals surface area contributed by atoms with Gasteiger partial charge in [-0.2, -0.15) is 5.10 Å². The van der Waals surface area contributed by atoms with E-state index in [-0.39, 0.29) is 22.3 Å². The molecule has 2 amide bonds. The summed E-state index contributed by atoms with van der Waals surface area (Å²) in [7, 11) is 1.59. The highest BCUT2D eigenvalue weighted by Gasteiger charge is 2.59. The van der Waals surface area contributed by atoms with E-state index in [2.05, 4.69) is 15.5 Å². The van der Waals surface area contributed by atoms with Gasteiger partial charge in [0.05, 0.1) is 12.9 Å². The number of hydrogen-bond donors (Lipinski definition) is 2. The van der Waals surface area contributed by atoms with Crippen molar-refractivity contribution in [3.05, 3.63) is 58.9 Å². The molecule has 0 radical (unpaired) electrons. The predicted octanol–water partition coefficient (Wildman–Crippen LogP) is 2.63. The molecule has 29 heavy (non-hydrogen) atoms. The summed E-state index contributed by atoms with van der Waals surface area (Å²) in [6, 6.07) is 14.6. The Bertz CT molecular complexity index is 1200. The average Bonchev–Trinajstić information content (AvgIpc) is 3.37. The van der Waals surface area contributed by atoms with E-state index >= 15 is 0 Å². The van der Waals surface area contributed by atoms with Gasteiger partial charge in [0.1, 0.15) is 5.75 Å². The summed E-state index contributed by atoms with van der Waals surface area (Å²) in [6.45, 7) is 0. The number of H-pyrrole nitrogens is 1. The number of nitrogens with one attached hydrogen (secondary N) is 2. The highest BCUT2D eigenvalue weighted by molar-refractivity contribution is 8.02. The first-order valence-electron chi connectivity index (χ1n) is 8.76. The average molecular weight is 425 g/mol. The summed E-state index contributed by atoms with van der Waals surface area (Å²) in [6.07, 6.45) is 0. The zero-order chi connectivity index (χ0) is 20.2. The number of carbonyl (C=O) groups excluding carboxylic acids is 2. The van der Waals surface area contributed by atoms with Gasteiger partial charge >= 0.3 is 0 Å². The number of ether oxygens (including phenoxy) is 1. The number of aromatic amines is 1. The number of para-hydroxylation sites is 1. The SMILES string of the molecule is COc1ccc(-c2n[nH]c(=S)n2N2C(=O)CSC23C(=O)Nc2ccccc23)cc1. The highest BCUT2D eigenvalue weighted by atomic mass is 32.2. The van der Waals surface area contributed by atoms with Gasteiger partial charge < -0.3 is 10.1 Å². The van der Waals surface area contributed by atoms with E-state index in [1.165, 1.54) is 21.4 Å². The van der Waals surface area contributed by atoms with Crippen LogP contribution in [0.3, 0.4) is 0 Å². The van der Waals surface area contributed by atoms with Crippen LogP contribution in [0.5, 0.6) is 5.75 Å². The molecule has 3 aromatic rings. The van der Waals surface area contributed by atoms with Gasteiger partial charge in [0.25, 0.3) is 11.8 Å². The minimum atomic E-state index is -1.24. The molecule has 2 aliphatic heterocycles. The molecular formula is C19H15N5O3S2. The third kappa shape index (κ3) is 2.45. The Morgan fingerprint density at radius 1 is 1.17 bits per heavy atom. The van der Waals surface area contributed by atoms with E-state index < -0.39 is 4.87 Å². The number of hydrogen-bond acceptors (Lipinski definition) is 6. The van der Waals surface area contributed by atoms with Gasteiger partial charge in [0.2, 0.25) is 9.64 Å². The largest absolute Gasteiger partial charge is 0.497 e. The normalized spacial score (nSPS) is 20.2. The third-order valence-electron chi connectivity index (χ3n) is 4.99. The molecule has 2 N–H and O–H groups in total. The Hall–Kier alpha value is -3.11. The molecule has 1 unspecified atom stereocenters. The molecule has 5 rings (SSSR count). The fourth-order valence-electron chi connectivity index (χ4n) is 3.69. The van der Waals surface area contributed by atoms with E-state index in [4.69, 9.17) is 17.0 Å². The lowest BCUT2D eigenvalue weighted by Gasteiger charge is -2.32. The van der Waals surface area contributed by atoms with Crippen LogP contribution in [-0.2, 0) is 14.5 Å². The van der Waals surface area contributed by atoms with E-state index in [9.17, 15) is 9.59 Å². The number of fused-ring (bicyclic) bond motifs is 2. The lowest BCUT2D eigenvalue weighted by atomic mass is 10.1.